The number of hydrogen-bond acceptors (Lipinski definition) is 2. The van der Waals surface area contributed by atoms with E-state index in [2.05, 4.69) is 210 Å². The molecule has 11 aromatic rings. The molecule has 1 aliphatic rings. The van der Waals surface area contributed by atoms with Crippen molar-refractivity contribution in [2.45, 2.75) is 12.5 Å². The lowest BCUT2D eigenvalue weighted by atomic mass is 9.98. The smallest absolute Gasteiger partial charge is 0.0640 e. The highest BCUT2D eigenvalue weighted by Gasteiger charge is 2.22. The van der Waals surface area contributed by atoms with Crippen LogP contribution in [0.4, 0.5) is 17.1 Å². The van der Waals surface area contributed by atoms with Gasteiger partial charge in [0, 0.05) is 48.4 Å². The van der Waals surface area contributed by atoms with Crippen LogP contribution in [-0.2, 0) is 0 Å². The second-order valence-electron chi connectivity index (χ2n) is 15.2. The SMILES string of the molecule is C1=c2ccccc2=CC(n2c3ccccc3c3cc(-c4ccc(N(c5cc6ccccc6c6ccccc56)c5cccc6c5sc5ccccc56)cc4)ccc32)C1. The fourth-order valence-corrected chi connectivity index (χ4v) is 10.6. The van der Waals surface area contributed by atoms with Crippen LogP contribution in [0.1, 0.15) is 12.5 Å². The van der Waals surface area contributed by atoms with E-state index in [-0.39, 0.29) is 6.04 Å². The topological polar surface area (TPSA) is 8.17 Å². The summed E-state index contributed by atoms with van der Waals surface area (Å²) in [5.74, 6) is 0. The van der Waals surface area contributed by atoms with Crippen molar-refractivity contribution in [1.82, 2.24) is 4.57 Å². The number of benzene rings is 9. The molecule has 268 valence electrons. The van der Waals surface area contributed by atoms with Gasteiger partial charge in [-0.15, -0.1) is 11.3 Å². The summed E-state index contributed by atoms with van der Waals surface area (Å²) in [6, 6.07) is 69.7. The van der Waals surface area contributed by atoms with E-state index in [0.29, 0.717) is 0 Å². The molecule has 0 bridgehead atoms. The van der Waals surface area contributed by atoms with Crippen molar-refractivity contribution in [2.75, 3.05) is 4.90 Å². The largest absolute Gasteiger partial charge is 0.333 e. The first-order valence-electron chi connectivity index (χ1n) is 19.8. The summed E-state index contributed by atoms with van der Waals surface area (Å²) in [5, 5.41) is 12.8. The first-order valence-corrected chi connectivity index (χ1v) is 20.6. The van der Waals surface area contributed by atoms with Crippen LogP contribution in [-0.4, -0.2) is 4.57 Å². The third-order valence-electron chi connectivity index (χ3n) is 12.1. The van der Waals surface area contributed by atoms with Crippen molar-refractivity contribution >= 4 is 104 Å². The van der Waals surface area contributed by atoms with Crippen LogP contribution in [0.5, 0.6) is 0 Å². The lowest BCUT2D eigenvalue weighted by Crippen LogP contribution is -2.29. The summed E-state index contributed by atoms with van der Waals surface area (Å²) in [4.78, 5) is 2.49. The highest BCUT2D eigenvalue weighted by atomic mass is 32.1. The predicted molar refractivity (Wildman–Crippen MR) is 246 cm³/mol. The molecule has 0 aliphatic heterocycles. The van der Waals surface area contributed by atoms with Crippen LogP contribution in [0, 0.1) is 0 Å². The van der Waals surface area contributed by atoms with Gasteiger partial charge in [-0.2, -0.15) is 0 Å². The van der Waals surface area contributed by atoms with Gasteiger partial charge in [0.15, 0.2) is 0 Å². The van der Waals surface area contributed by atoms with Crippen molar-refractivity contribution in [2.24, 2.45) is 0 Å². The number of para-hydroxylation sites is 1. The van der Waals surface area contributed by atoms with Gasteiger partial charge in [-0.05, 0) is 92.7 Å². The van der Waals surface area contributed by atoms with Crippen molar-refractivity contribution in [3.63, 3.8) is 0 Å². The van der Waals surface area contributed by atoms with Gasteiger partial charge >= 0.3 is 0 Å². The van der Waals surface area contributed by atoms with E-state index in [1.54, 1.807) is 0 Å². The fraction of sp³-hybridized carbons (Fsp3) is 0.0370. The van der Waals surface area contributed by atoms with Crippen LogP contribution < -0.4 is 15.3 Å². The minimum absolute atomic E-state index is 0.259. The Bertz CT molecular complexity index is 3520. The third kappa shape index (κ3) is 5.09. The average molecular weight is 745 g/mol. The average Bonchev–Trinajstić information content (AvgIpc) is 3.83. The van der Waals surface area contributed by atoms with Crippen LogP contribution in [0.2, 0.25) is 0 Å². The molecule has 1 atom stereocenters. The third-order valence-corrected chi connectivity index (χ3v) is 13.3. The molecule has 2 aromatic heterocycles. The molecule has 12 rings (SSSR count). The monoisotopic (exact) mass is 744 g/mol. The van der Waals surface area contributed by atoms with Gasteiger partial charge < -0.3 is 9.47 Å². The van der Waals surface area contributed by atoms with Gasteiger partial charge in [0.1, 0.15) is 0 Å². The summed E-state index contributed by atoms with van der Waals surface area (Å²) in [5.41, 5.74) is 8.47. The molecule has 3 heteroatoms. The maximum Gasteiger partial charge on any atom is 0.0640 e. The van der Waals surface area contributed by atoms with Gasteiger partial charge in [-0.3, -0.25) is 0 Å². The molecule has 1 aliphatic carbocycles. The van der Waals surface area contributed by atoms with Crippen molar-refractivity contribution < 1.29 is 0 Å². The molecule has 0 spiro atoms. The summed E-state index contributed by atoms with van der Waals surface area (Å²) in [6.45, 7) is 0. The highest BCUT2D eigenvalue weighted by Crippen LogP contribution is 2.48. The van der Waals surface area contributed by atoms with E-state index in [1.165, 1.54) is 96.5 Å². The van der Waals surface area contributed by atoms with Crippen LogP contribution in [0.3, 0.4) is 0 Å². The Morgan fingerprint density at radius 3 is 2.00 bits per heavy atom. The molecule has 0 saturated heterocycles. The van der Waals surface area contributed by atoms with E-state index in [4.69, 9.17) is 0 Å². The lowest BCUT2D eigenvalue weighted by molar-refractivity contribution is 0.694. The van der Waals surface area contributed by atoms with Crippen molar-refractivity contribution in [3.05, 3.63) is 198 Å². The maximum absolute atomic E-state index is 2.55. The molecule has 0 radical (unpaired) electrons. The number of aromatic nitrogens is 1. The molecule has 9 aromatic carbocycles. The second kappa shape index (κ2) is 12.8. The zero-order chi connectivity index (χ0) is 37.5. The molecule has 1 unspecified atom stereocenters. The molecule has 0 amide bonds. The van der Waals surface area contributed by atoms with Gasteiger partial charge in [0.25, 0.3) is 0 Å². The molecule has 0 saturated carbocycles. The zero-order valence-electron chi connectivity index (χ0n) is 31.1. The number of thiophene rings is 1. The molecule has 0 fully saturated rings. The normalized spacial score (nSPS) is 14.0. The molecule has 2 heterocycles. The van der Waals surface area contributed by atoms with Crippen LogP contribution in [0.15, 0.2) is 188 Å². The molecule has 0 N–H and O–H groups in total. The first kappa shape index (κ1) is 32.3. The number of hydrogen-bond donors (Lipinski definition) is 0. The molecule has 57 heavy (non-hydrogen) atoms. The number of nitrogens with zero attached hydrogens (tertiary/aromatic N) is 2. The molecule has 2 nitrogen and oxygen atoms in total. The lowest BCUT2D eigenvalue weighted by Gasteiger charge is -2.28. The summed E-state index contributed by atoms with van der Waals surface area (Å²) in [7, 11) is 0. The Morgan fingerprint density at radius 2 is 1.12 bits per heavy atom. The van der Waals surface area contributed by atoms with E-state index in [1.807, 2.05) is 11.3 Å². The Balaban J connectivity index is 1.02. The summed E-state index contributed by atoms with van der Waals surface area (Å²) in [6.07, 6.45) is 5.81. The Labute approximate surface area is 334 Å². The van der Waals surface area contributed by atoms with Gasteiger partial charge in [0.05, 0.1) is 22.1 Å². The molecular formula is C54H36N2S. The number of anilines is 3. The first-order chi connectivity index (χ1) is 28.3. The molecular weight excluding hydrogens is 709 g/mol. The fourth-order valence-electron chi connectivity index (χ4n) is 9.43. The quantitative estimate of drug-likeness (QED) is 0.159. The maximum atomic E-state index is 2.55. The zero-order valence-corrected chi connectivity index (χ0v) is 32.0. The Morgan fingerprint density at radius 1 is 0.456 bits per heavy atom. The summed E-state index contributed by atoms with van der Waals surface area (Å²) < 4.78 is 5.14. The van der Waals surface area contributed by atoms with E-state index >= 15 is 0 Å². The van der Waals surface area contributed by atoms with Gasteiger partial charge in [-0.25, -0.2) is 0 Å². The van der Waals surface area contributed by atoms with Gasteiger partial charge in [0.2, 0.25) is 0 Å². The Hall–Kier alpha value is -6.94. The minimum atomic E-state index is 0.259. The van der Waals surface area contributed by atoms with E-state index in [9.17, 15) is 0 Å². The predicted octanol–water partition coefficient (Wildman–Crippen LogP) is 13.8. The summed E-state index contributed by atoms with van der Waals surface area (Å²) >= 11 is 1.88. The minimum Gasteiger partial charge on any atom is -0.333 e. The highest BCUT2D eigenvalue weighted by molar-refractivity contribution is 7.26. The van der Waals surface area contributed by atoms with Crippen molar-refractivity contribution in [1.29, 1.82) is 0 Å². The Kier molecular flexibility index (Phi) is 7.26. The van der Waals surface area contributed by atoms with Crippen LogP contribution in [0.25, 0.3) is 86.8 Å². The van der Waals surface area contributed by atoms with E-state index < -0.39 is 0 Å². The number of fused-ring (bicyclic) bond motifs is 10. The standard InChI is InChI=1S/C54H36N2S/c1-2-13-37-32-41(30-26-35(37)12-1)56-49-21-9-7-18-45(49)48-33-38(27-31-50(48)56)36-24-28-40(29-25-36)55(51-22-11-20-47-46-19-8-10-23-53(46)57-54(47)51)52-34-39-14-3-4-15-42(39)43-16-5-6-17-44(43)52/h1-29,31-34,41H,30H2. The number of rotatable bonds is 5. The van der Waals surface area contributed by atoms with Crippen LogP contribution >= 0.6 is 11.3 Å². The van der Waals surface area contributed by atoms with E-state index in [0.717, 1.165) is 12.1 Å². The second-order valence-corrected chi connectivity index (χ2v) is 16.3. The van der Waals surface area contributed by atoms with Gasteiger partial charge in [-0.1, -0.05) is 152 Å². The van der Waals surface area contributed by atoms with Crippen molar-refractivity contribution in [3.8, 4) is 11.1 Å².